The Balaban J connectivity index is 1.83. The van der Waals surface area contributed by atoms with E-state index in [-0.39, 0.29) is 0 Å². The van der Waals surface area contributed by atoms with Gasteiger partial charge in [0.25, 0.3) is 0 Å². The maximum atomic E-state index is 5.77. The molecule has 2 rings (SSSR count). The van der Waals surface area contributed by atoms with Gasteiger partial charge in [0.2, 0.25) is 0 Å². The summed E-state index contributed by atoms with van der Waals surface area (Å²) < 4.78 is 11.0. The number of pyridine rings is 1. The lowest BCUT2D eigenvalue weighted by atomic mass is 9.92. The Labute approximate surface area is 95.8 Å². The molecule has 2 heterocycles. The van der Waals surface area contributed by atoms with E-state index < -0.39 is 0 Å². The molecule has 1 aliphatic rings. The van der Waals surface area contributed by atoms with Crippen LogP contribution in [0, 0.1) is 11.8 Å². The molecule has 4 heteroatoms. The molecule has 1 saturated heterocycles. The predicted molar refractivity (Wildman–Crippen MR) is 61.2 cm³/mol. The van der Waals surface area contributed by atoms with E-state index in [4.69, 9.17) is 15.2 Å². The number of ether oxygens (including phenoxy) is 2. The SMILES string of the molecule is NCC(COc1cccnc1)C1CCOC1. The Morgan fingerprint density at radius 2 is 2.56 bits per heavy atom. The molecule has 4 nitrogen and oxygen atoms in total. The summed E-state index contributed by atoms with van der Waals surface area (Å²) in [5.41, 5.74) is 5.77. The first-order chi connectivity index (χ1) is 7.90. The average Bonchev–Trinajstić information content (AvgIpc) is 2.85. The van der Waals surface area contributed by atoms with Gasteiger partial charge in [-0.25, -0.2) is 0 Å². The lowest BCUT2D eigenvalue weighted by Gasteiger charge is -2.20. The number of nitrogens with two attached hydrogens (primary N) is 1. The highest BCUT2D eigenvalue weighted by atomic mass is 16.5. The molecule has 0 saturated carbocycles. The van der Waals surface area contributed by atoms with Crippen molar-refractivity contribution in [3.8, 4) is 5.75 Å². The second-order valence-electron chi connectivity index (χ2n) is 4.12. The van der Waals surface area contributed by atoms with E-state index in [2.05, 4.69) is 4.98 Å². The molecular weight excluding hydrogens is 204 g/mol. The molecule has 0 aliphatic carbocycles. The van der Waals surface area contributed by atoms with Gasteiger partial charge in [-0.15, -0.1) is 0 Å². The lowest BCUT2D eigenvalue weighted by molar-refractivity contribution is 0.150. The number of hydrogen-bond donors (Lipinski definition) is 1. The van der Waals surface area contributed by atoms with E-state index in [9.17, 15) is 0 Å². The van der Waals surface area contributed by atoms with Crippen LogP contribution in [0.25, 0.3) is 0 Å². The largest absolute Gasteiger partial charge is 0.492 e. The van der Waals surface area contributed by atoms with E-state index in [1.54, 1.807) is 12.4 Å². The third-order valence-corrected chi connectivity index (χ3v) is 3.03. The first kappa shape index (κ1) is 11.4. The van der Waals surface area contributed by atoms with Gasteiger partial charge in [0.05, 0.1) is 12.8 Å². The third kappa shape index (κ3) is 2.93. The Hall–Kier alpha value is -1.13. The minimum Gasteiger partial charge on any atom is -0.492 e. The van der Waals surface area contributed by atoms with Crippen molar-refractivity contribution in [2.45, 2.75) is 6.42 Å². The second kappa shape index (κ2) is 5.82. The molecule has 0 spiro atoms. The van der Waals surface area contributed by atoms with E-state index in [0.717, 1.165) is 25.4 Å². The van der Waals surface area contributed by atoms with E-state index in [0.29, 0.717) is 25.0 Å². The standard InChI is InChI=1S/C12H18N2O2/c13-6-11(10-3-5-15-8-10)9-16-12-2-1-4-14-7-12/h1-2,4,7,10-11H,3,5-6,8-9,13H2. The van der Waals surface area contributed by atoms with E-state index in [1.807, 2.05) is 12.1 Å². The molecule has 88 valence electrons. The molecule has 2 N–H and O–H groups in total. The Morgan fingerprint density at radius 1 is 1.62 bits per heavy atom. The molecule has 1 aromatic rings. The molecular formula is C12H18N2O2. The summed E-state index contributed by atoms with van der Waals surface area (Å²) in [5.74, 6) is 1.73. The summed E-state index contributed by atoms with van der Waals surface area (Å²) in [6, 6.07) is 3.77. The van der Waals surface area contributed by atoms with Gasteiger partial charge >= 0.3 is 0 Å². The van der Waals surface area contributed by atoms with Crippen LogP contribution in [0.2, 0.25) is 0 Å². The minimum atomic E-state index is 0.378. The predicted octanol–water partition coefficient (Wildman–Crippen LogP) is 1.07. The zero-order valence-electron chi connectivity index (χ0n) is 9.34. The van der Waals surface area contributed by atoms with Crippen molar-refractivity contribution in [3.63, 3.8) is 0 Å². The summed E-state index contributed by atoms with van der Waals surface area (Å²) in [6.45, 7) is 2.97. The van der Waals surface area contributed by atoms with Gasteiger partial charge in [0.15, 0.2) is 0 Å². The van der Waals surface area contributed by atoms with Crippen molar-refractivity contribution in [2.75, 3.05) is 26.4 Å². The molecule has 0 bridgehead atoms. The Kier molecular flexibility index (Phi) is 4.13. The van der Waals surface area contributed by atoms with E-state index >= 15 is 0 Å². The lowest BCUT2D eigenvalue weighted by Crippen LogP contribution is -2.29. The zero-order chi connectivity index (χ0) is 11.2. The van der Waals surface area contributed by atoms with Crippen LogP contribution in [0.1, 0.15) is 6.42 Å². The highest BCUT2D eigenvalue weighted by Crippen LogP contribution is 2.22. The zero-order valence-corrected chi connectivity index (χ0v) is 9.34. The highest BCUT2D eigenvalue weighted by Gasteiger charge is 2.25. The highest BCUT2D eigenvalue weighted by molar-refractivity contribution is 5.15. The fraction of sp³-hybridized carbons (Fsp3) is 0.583. The van der Waals surface area contributed by atoms with Crippen molar-refractivity contribution < 1.29 is 9.47 Å². The molecule has 0 amide bonds. The van der Waals surface area contributed by atoms with Gasteiger partial charge in [-0.2, -0.15) is 0 Å². The monoisotopic (exact) mass is 222 g/mol. The number of aromatic nitrogens is 1. The van der Waals surface area contributed by atoms with Crippen LogP contribution in [-0.4, -0.2) is 31.3 Å². The van der Waals surface area contributed by atoms with Gasteiger partial charge in [-0.3, -0.25) is 4.98 Å². The van der Waals surface area contributed by atoms with Crippen LogP contribution in [-0.2, 0) is 4.74 Å². The number of nitrogens with zero attached hydrogens (tertiary/aromatic N) is 1. The van der Waals surface area contributed by atoms with Crippen molar-refractivity contribution in [1.82, 2.24) is 4.98 Å². The average molecular weight is 222 g/mol. The topological polar surface area (TPSA) is 57.4 Å². The molecule has 2 unspecified atom stereocenters. The van der Waals surface area contributed by atoms with Crippen LogP contribution < -0.4 is 10.5 Å². The summed E-state index contributed by atoms with van der Waals surface area (Å²) in [5, 5.41) is 0. The third-order valence-electron chi connectivity index (χ3n) is 3.03. The van der Waals surface area contributed by atoms with Crippen LogP contribution in [0.15, 0.2) is 24.5 Å². The van der Waals surface area contributed by atoms with Gasteiger partial charge in [-0.05, 0) is 31.0 Å². The van der Waals surface area contributed by atoms with Crippen LogP contribution in [0.4, 0.5) is 0 Å². The molecule has 16 heavy (non-hydrogen) atoms. The number of rotatable bonds is 5. The fourth-order valence-electron chi connectivity index (χ4n) is 1.96. The maximum Gasteiger partial charge on any atom is 0.137 e. The second-order valence-corrected chi connectivity index (χ2v) is 4.12. The quantitative estimate of drug-likeness (QED) is 0.809. The van der Waals surface area contributed by atoms with Gasteiger partial charge in [0, 0.05) is 25.3 Å². The summed E-state index contributed by atoms with van der Waals surface area (Å²) in [4.78, 5) is 4.01. The summed E-state index contributed by atoms with van der Waals surface area (Å²) in [6.07, 6.45) is 4.55. The Morgan fingerprint density at radius 3 is 3.19 bits per heavy atom. The fourth-order valence-corrected chi connectivity index (χ4v) is 1.96. The molecule has 1 aromatic heterocycles. The smallest absolute Gasteiger partial charge is 0.137 e. The Bertz CT molecular complexity index is 299. The van der Waals surface area contributed by atoms with Crippen molar-refractivity contribution in [3.05, 3.63) is 24.5 Å². The number of hydrogen-bond acceptors (Lipinski definition) is 4. The van der Waals surface area contributed by atoms with Gasteiger partial charge in [-0.1, -0.05) is 0 Å². The van der Waals surface area contributed by atoms with Crippen molar-refractivity contribution in [1.29, 1.82) is 0 Å². The van der Waals surface area contributed by atoms with E-state index in [1.165, 1.54) is 0 Å². The van der Waals surface area contributed by atoms with Crippen LogP contribution in [0.5, 0.6) is 5.75 Å². The summed E-state index contributed by atoms with van der Waals surface area (Å²) in [7, 11) is 0. The van der Waals surface area contributed by atoms with Crippen LogP contribution >= 0.6 is 0 Å². The van der Waals surface area contributed by atoms with Gasteiger partial charge in [0.1, 0.15) is 5.75 Å². The summed E-state index contributed by atoms with van der Waals surface area (Å²) >= 11 is 0. The van der Waals surface area contributed by atoms with Crippen molar-refractivity contribution >= 4 is 0 Å². The molecule has 1 fully saturated rings. The normalized spacial score (nSPS) is 21.9. The molecule has 1 aliphatic heterocycles. The van der Waals surface area contributed by atoms with Gasteiger partial charge < -0.3 is 15.2 Å². The minimum absolute atomic E-state index is 0.378. The van der Waals surface area contributed by atoms with Crippen molar-refractivity contribution in [2.24, 2.45) is 17.6 Å². The van der Waals surface area contributed by atoms with Crippen LogP contribution in [0.3, 0.4) is 0 Å². The first-order valence-electron chi connectivity index (χ1n) is 5.71. The maximum absolute atomic E-state index is 5.77. The molecule has 0 aromatic carbocycles. The first-order valence-corrected chi connectivity index (χ1v) is 5.71. The molecule has 2 atom stereocenters. The molecule has 0 radical (unpaired) electrons.